The largest absolute Gasteiger partial charge is 0.453 e. The maximum absolute atomic E-state index is 12.4. The number of likely N-dealkylation sites (N-methyl/N-ethyl adjacent to an activating group) is 1. The lowest BCUT2D eigenvalue weighted by Crippen LogP contribution is -2.45. The number of nitrogens with one attached hydrogen (secondary N) is 2. The van der Waals surface area contributed by atoms with E-state index in [1.165, 1.54) is 0 Å². The molecule has 0 atom stereocenters. The number of nitrogens with zero attached hydrogens (tertiary/aromatic N) is 3. The lowest BCUT2D eigenvalue weighted by molar-refractivity contribution is -0.134. The highest BCUT2D eigenvalue weighted by Gasteiger charge is 2.22. The minimum Gasteiger partial charge on any atom is -0.453 e. The lowest BCUT2D eigenvalue weighted by Gasteiger charge is -2.31. The normalized spacial score (nSPS) is 14.0. The Balaban J connectivity index is 1.53. The zero-order chi connectivity index (χ0) is 22.2. The molecule has 1 aromatic heterocycles. The van der Waals surface area contributed by atoms with Crippen molar-refractivity contribution in [3.8, 4) is 6.01 Å². The van der Waals surface area contributed by atoms with Crippen molar-refractivity contribution < 1.29 is 19.1 Å². The molecule has 1 aliphatic rings. The number of aryl methyl sites for hydroxylation is 2. The smallest absolute Gasteiger partial charge is 0.412 e. The molecular weight excluding hydrogens is 398 g/mol. The van der Waals surface area contributed by atoms with Gasteiger partial charge in [-0.15, -0.1) is 0 Å². The van der Waals surface area contributed by atoms with E-state index >= 15 is 0 Å². The van der Waals surface area contributed by atoms with Gasteiger partial charge in [0.1, 0.15) is 6.61 Å². The van der Waals surface area contributed by atoms with Gasteiger partial charge < -0.3 is 19.7 Å². The molecule has 2 N–H and O–H groups in total. The molecule has 0 bridgehead atoms. The van der Waals surface area contributed by atoms with Crippen LogP contribution in [0.15, 0.2) is 30.3 Å². The summed E-state index contributed by atoms with van der Waals surface area (Å²) in [5.41, 5.74) is 2.41. The number of rotatable bonds is 7. The van der Waals surface area contributed by atoms with Crippen LogP contribution in [0.1, 0.15) is 29.8 Å². The van der Waals surface area contributed by atoms with Gasteiger partial charge in [-0.1, -0.05) is 30.3 Å². The molecule has 1 saturated heterocycles. The van der Waals surface area contributed by atoms with Gasteiger partial charge in [0.15, 0.2) is 6.61 Å². The van der Waals surface area contributed by atoms with Crippen molar-refractivity contribution in [1.82, 2.24) is 20.2 Å². The number of ether oxygens (including phenoxy) is 2. The minimum atomic E-state index is -0.592. The average Bonchev–Trinajstić information content (AvgIpc) is 2.79. The van der Waals surface area contributed by atoms with Gasteiger partial charge in [0, 0.05) is 13.1 Å². The van der Waals surface area contributed by atoms with Gasteiger partial charge in [-0.3, -0.25) is 10.1 Å². The minimum absolute atomic E-state index is 0.102. The van der Waals surface area contributed by atoms with E-state index in [0.29, 0.717) is 17.1 Å². The summed E-state index contributed by atoms with van der Waals surface area (Å²) in [6.45, 7) is 5.32. The highest BCUT2D eigenvalue weighted by molar-refractivity contribution is 5.86. The van der Waals surface area contributed by atoms with Crippen molar-refractivity contribution in [1.29, 1.82) is 0 Å². The van der Waals surface area contributed by atoms with Crippen LogP contribution in [0.2, 0.25) is 0 Å². The zero-order valence-electron chi connectivity index (χ0n) is 18.2. The second-order valence-corrected chi connectivity index (χ2v) is 7.51. The van der Waals surface area contributed by atoms with Crippen LogP contribution in [0.5, 0.6) is 6.01 Å². The van der Waals surface area contributed by atoms with E-state index in [2.05, 4.69) is 20.6 Å². The maximum atomic E-state index is 12.4. The van der Waals surface area contributed by atoms with Gasteiger partial charge >= 0.3 is 12.1 Å². The summed E-state index contributed by atoms with van der Waals surface area (Å²) in [4.78, 5) is 34.8. The third kappa shape index (κ3) is 6.39. The molecule has 1 fully saturated rings. The molecule has 0 radical (unpaired) electrons. The SMILES string of the molecule is Cc1nc(OCC(=O)N(C)C2CCNCC2)nc(C)c1NC(=O)OCc1ccccc1. The van der Waals surface area contributed by atoms with Crippen molar-refractivity contribution in [3.05, 3.63) is 47.3 Å². The van der Waals surface area contributed by atoms with Crippen LogP contribution in [-0.4, -0.2) is 59.7 Å². The van der Waals surface area contributed by atoms with Crippen LogP contribution < -0.4 is 15.4 Å². The Morgan fingerprint density at radius 3 is 2.42 bits per heavy atom. The quantitative estimate of drug-likeness (QED) is 0.699. The molecule has 2 amide bonds. The summed E-state index contributed by atoms with van der Waals surface area (Å²) >= 11 is 0. The second-order valence-electron chi connectivity index (χ2n) is 7.51. The Morgan fingerprint density at radius 2 is 1.77 bits per heavy atom. The van der Waals surface area contributed by atoms with Gasteiger partial charge in [0.2, 0.25) is 0 Å². The number of hydrogen-bond acceptors (Lipinski definition) is 7. The van der Waals surface area contributed by atoms with Crippen LogP contribution in [-0.2, 0) is 16.1 Å². The molecule has 9 heteroatoms. The van der Waals surface area contributed by atoms with Crippen LogP contribution in [0.3, 0.4) is 0 Å². The highest BCUT2D eigenvalue weighted by atomic mass is 16.5. The average molecular weight is 428 g/mol. The molecule has 0 unspecified atom stereocenters. The number of hydrogen-bond donors (Lipinski definition) is 2. The molecule has 1 aliphatic heterocycles. The fraction of sp³-hybridized carbons (Fsp3) is 0.455. The summed E-state index contributed by atoms with van der Waals surface area (Å²) in [7, 11) is 1.80. The first-order valence-electron chi connectivity index (χ1n) is 10.4. The molecule has 31 heavy (non-hydrogen) atoms. The van der Waals surface area contributed by atoms with E-state index < -0.39 is 6.09 Å². The zero-order valence-corrected chi connectivity index (χ0v) is 18.2. The van der Waals surface area contributed by atoms with Crippen LogP contribution in [0.4, 0.5) is 10.5 Å². The molecule has 3 rings (SSSR count). The maximum Gasteiger partial charge on any atom is 0.412 e. The molecule has 166 valence electrons. The van der Waals surface area contributed by atoms with E-state index in [0.717, 1.165) is 31.5 Å². The van der Waals surface area contributed by atoms with Crippen molar-refractivity contribution in [2.45, 2.75) is 39.3 Å². The van der Waals surface area contributed by atoms with Gasteiger partial charge in [-0.05, 0) is 45.3 Å². The van der Waals surface area contributed by atoms with Crippen molar-refractivity contribution >= 4 is 17.7 Å². The topological polar surface area (TPSA) is 106 Å². The first-order valence-corrected chi connectivity index (χ1v) is 10.4. The number of aromatic nitrogens is 2. The standard InChI is InChI=1S/C22H29N5O4/c1-15-20(26-22(29)31-13-17-7-5-4-6-8-17)16(2)25-21(24-15)30-14-19(28)27(3)18-9-11-23-12-10-18/h4-8,18,23H,9-14H2,1-3H3,(H,26,29). The van der Waals surface area contributed by atoms with Crippen molar-refractivity contribution in [2.24, 2.45) is 0 Å². The Labute approximate surface area is 182 Å². The third-order valence-corrected chi connectivity index (χ3v) is 5.26. The van der Waals surface area contributed by atoms with E-state index in [9.17, 15) is 9.59 Å². The van der Waals surface area contributed by atoms with Crippen LogP contribution in [0.25, 0.3) is 0 Å². The Hall–Kier alpha value is -3.20. The summed E-state index contributed by atoms with van der Waals surface area (Å²) in [5.74, 6) is -0.113. The van der Waals surface area contributed by atoms with Gasteiger partial charge in [-0.25, -0.2) is 4.79 Å². The summed E-state index contributed by atoms with van der Waals surface area (Å²) < 4.78 is 10.8. The van der Waals surface area contributed by atoms with E-state index in [1.807, 2.05) is 30.3 Å². The molecule has 9 nitrogen and oxygen atoms in total. The highest BCUT2D eigenvalue weighted by Crippen LogP contribution is 2.20. The van der Waals surface area contributed by atoms with Crippen LogP contribution >= 0.6 is 0 Å². The fourth-order valence-electron chi connectivity index (χ4n) is 3.42. The number of anilines is 1. The Bertz CT molecular complexity index is 877. The summed E-state index contributed by atoms with van der Waals surface area (Å²) in [6.07, 6.45) is 1.26. The fourth-order valence-corrected chi connectivity index (χ4v) is 3.42. The number of piperidine rings is 1. The van der Waals surface area contributed by atoms with E-state index in [4.69, 9.17) is 9.47 Å². The molecule has 0 spiro atoms. The van der Waals surface area contributed by atoms with E-state index in [1.54, 1.807) is 25.8 Å². The third-order valence-electron chi connectivity index (χ3n) is 5.26. The number of carbonyl (C=O) groups excluding carboxylic acids is 2. The molecule has 0 saturated carbocycles. The van der Waals surface area contributed by atoms with Gasteiger partial charge in [0.25, 0.3) is 5.91 Å². The Morgan fingerprint density at radius 1 is 1.13 bits per heavy atom. The molecular formula is C22H29N5O4. The molecule has 2 aromatic rings. The van der Waals surface area contributed by atoms with Gasteiger partial charge in [0.05, 0.1) is 17.1 Å². The number of carbonyl (C=O) groups is 2. The van der Waals surface area contributed by atoms with Gasteiger partial charge in [-0.2, -0.15) is 9.97 Å². The van der Waals surface area contributed by atoms with E-state index in [-0.39, 0.29) is 31.2 Å². The Kier molecular flexibility index (Phi) is 7.77. The molecule has 1 aromatic carbocycles. The van der Waals surface area contributed by atoms with Crippen LogP contribution in [0, 0.1) is 13.8 Å². The first kappa shape index (κ1) is 22.5. The predicted molar refractivity (Wildman–Crippen MR) is 116 cm³/mol. The predicted octanol–water partition coefficient (Wildman–Crippen LogP) is 2.43. The monoisotopic (exact) mass is 427 g/mol. The van der Waals surface area contributed by atoms with Crippen molar-refractivity contribution in [3.63, 3.8) is 0 Å². The number of benzene rings is 1. The van der Waals surface area contributed by atoms with Crippen molar-refractivity contribution in [2.75, 3.05) is 32.1 Å². The first-order chi connectivity index (χ1) is 14.9. The molecule has 2 heterocycles. The summed E-state index contributed by atoms with van der Waals surface area (Å²) in [5, 5.41) is 5.96. The summed E-state index contributed by atoms with van der Waals surface area (Å²) in [6, 6.07) is 9.74. The second kappa shape index (κ2) is 10.7. The number of amides is 2. The molecule has 0 aliphatic carbocycles. The lowest BCUT2D eigenvalue weighted by atomic mass is 10.1.